The molecule has 0 saturated heterocycles. The second kappa shape index (κ2) is 10.4. The predicted octanol–water partition coefficient (Wildman–Crippen LogP) is 6.73. The maximum Gasteiger partial charge on any atom is 0.0919 e. The van der Waals surface area contributed by atoms with E-state index in [1.807, 2.05) is 36.4 Å². The van der Waals surface area contributed by atoms with Crippen molar-refractivity contribution >= 4 is 46.4 Å². The van der Waals surface area contributed by atoms with E-state index in [2.05, 4.69) is 80.6 Å². The number of fused-ring (bicyclic) bond motifs is 8. The molecule has 5 aromatic rings. The van der Waals surface area contributed by atoms with Gasteiger partial charge in [-0.2, -0.15) is 0 Å². The SMILES string of the molecule is C1=Cc2cc3cc(-c4ccccc4)c(cc4nc(cc5ccc(cc1n2)[nH]5)C=C4)[nH]3.[Ni].c1c[nH]cn1. The Kier molecular flexibility index (Phi) is 6.74. The molecule has 178 valence electrons. The Morgan fingerprint density at radius 1 is 0.583 bits per heavy atom. The maximum atomic E-state index is 4.77. The molecule has 2 aliphatic heterocycles. The Morgan fingerprint density at radius 2 is 1.19 bits per heavy atom. The van der Waals surface area contributed by atoms with Crippen LogP contribution in [-0.4, -0.2) is 29.9 Å². The van der Waals surface area contributed by atoms with E-state index in [0.717, 1.165) is 50.4 Å². The van der Waals surface area contributed by atoms with Gasteiger partial charge in [0.2, 0.25) is 0 Å². The van der Waals surface area contributed by atoms with Crippen LogP contribution >= 0.6 is 0 Å². The van der Waals surface area contributed by atoms with E-state index in [1.165, 1.54) is 5.56 Å². The Hall–Kier alpha value is -4.48. The second-order valence-electron chi connectivity index (χ2n) is 8.21. The van der Waals surface area contributed by atoms with Crippen molar-refractivity contribution in [2.24, 2.45) is 0 Å². The molecule has 7 rings (SSSR count). The van der Waals surface area contributed by atoms with Crippen LogP contribution in [0.1, 0.15) is 22.8 Å². The third kappa shape index (κ3) is 5.27. The third-order valence-electron chi connectivity index (χ3n) is 5.66. The molecule has 6 nitrogen and oxygen atoms in total. The van der Waals surface area contributed by atoms with E-state index in [9.17, 15) is 0 Å². The van der Waals surface area contributed by atoms with Crippen LogP contribution < -0.4 is 0 Å². The predicted molar refractivity (Wildman–Crippen MR) is 143 cm³/mol. The summed E-state index contributed by atoms with van der Waals surface area (Å²) in [6.45, 7) is 0. The first-order chi connectivity index (χ1) is 17.3. The Bertz CT molecular complexity index is 1680. The Labute approximate surface area is 217 Å². The summed E-state index contributed by atoms with van der Waals surface area (Å²) in [7, 11) is 0. The van der Waals surface area contributed by atoms with Crippen LogP contribution in [0.25, 0.3) is 57.5 Å². The van der Waals surface area contributed by atoms with Gasteiger partial charge in [-0.15, -0.1) is 0 Å². The molecule has 7 heteroatoms. The van der Waals surface area contributed by atoms with Gasteiger partial charge in [0.25, 0.3) is 0 Å². The van der Waals surface area contributed by atoms with Crippen molar-refractivity contribution < 1.29 is 16.5 Å². The summed E-state index contributed by atoms with van der Waals surface area (Å²) in [6.07, 6.45) is 13.2. The third-order valence-corrected chi connectivity index (χ3v) is 5.66. The van der Waals surface area contributed by atoms with Gasteiger partial charge in [0, 0.05) is 56.5 Å². The number of aromatic amines is 3. The van der Waals surface area contributed by atoms with Crippen molar-refractivity contribution in [2.75, 3.05) is 0 Å². The zero-order valence-corrected chi connectivity index (χ0v) is 20.1. The molecule has 0 atom stereocenters. The van der Waals surface area contributed by atoms with Crippen LogP contribution in [-0.2, 0) is 16.5 Å². The van der Waals surface area contributed by atoms with Crippen molar-refractivity contribution in [2.45, 2.75) is 0 Å². The summed E-state index contributed by atoms with van der Waals surface area (Å²) in [5.41, 5.74) is 10.1. The molecule has 0 unspecified atom stereocenters. The van der Waals surface area contributed by atoms with Crippen LogP contribution in [0.4, 0.5) is 0 Å². The number of rotatable bonds is 1. The fraction of sp³-hybridized carbons (Fsp3) is 0. The topological polar surface area (TPSA) is 86.0 Å². The number of nitrogens with one attached hydrogen (secondary N) is 3. The van der Waals surface area contributed by atoms with Gasteiger partial charge in [-0.3, -0.25) is 0 Å². The van der Waals surface area contributed by atoms with Crippen LogP contribution in [0.2, 0.25) is 0 Å². The molecule has 8 bridgehead atoms. The number of nitrogens with zero attached hydrogens (tertiary/aromatic N) is 3. The van der Waals surface area contributed by atoms with Crippen molar-refractivity contribution in [3.8, 4) is 11.1 Å². The standard InChI is InChI=1S/C26H18N4.C3H4N2.Ni/c1-2-4-17(5-3-1)25-15-24-14-22-9-8-20(28-22)12-18-6-7-19(27-18)13-21-10-11-23(29-21)16-26(25)30-24;1-2-5-3-4-1;/h1-16,27,30H;1-3H,(H,4,5);. The monoisotopic (exact) mass is 512 g/mol. The van der Waals surface area contributed by atoms with Gasteiger partial charge in [0.1, 0.15) is 0 Å². The van der Waals surface area contributed by atoms with E-state index in [4.69, 9.17) is 9.97 Å². The van der Waals surface area contributed by atoms with E-state index in [-0.39, 0.29) is 16.5 Å². The average molecular weight is 513 g/mol. The molecule has 4 aromatic heterocycles. The van der Waals surface area contributed by atoms with Crippen molar-refractivity contribution in [1.82, 2.24) is 29.9 Å². The van der Waals surface area contributed by atoms with Gasteiger partial charge < -0.3 is 15.0 Å². The van der Waals surface area contributed by atoms with Crippen LogP contribution in [0.3, 0.4) is 0 Å². The van der Waals surface area contributed by atoms with Crippen molar-refractivity contribution in [3.05, 3.63) is 114 Å². The number of imidazole rings is 1. The fourth-order valence-corrected chi connectivity index (χ4v) is 4.09. The maximum absolute atomic E-state index is 4.77. The van der Waals surface area contributed by atoms with Gasteiger partial charge in [0.15, 0.2) is 0 Å². The molecule has 3 N–H and O–H groups in total. The zero-order chi connectivity index (χ0) is 23.5. The van der Waals surface area contributed by atoms with Crippen LogP contribution in [0, 0.1) is 0 Å². The molecular formula is C29H22N6Ni. The molecule has 0 aliphatic carbocycles. The molecule has 0 fully saturated rings. The number of benzene rings is 1. The first-order valence-electron chi connectivity index (χ1n) is 11.4. The normalized spacial score (nSPS) is 11.4. The Balaban J connectivity index is 0.000000400. The van der Waals surface area contributed by atoms with Crippen LogP contribution in [0.15, 0.2) is 91.5 Å². The average Bonchev–Trinajstić information content (AvgIpc) is 3.69. The molecule has 1 aromatic carbocycles. The largest absolute Gasteiger partial charge is 0.355 e. The molecule has 6 heterocycles. The molecule has 36 heavy (non-hydrogen) atoms. The molecule has 0 saturated carbocycles. The minimum absolute atomic E-state index is 0. The summed E-state index contributed by atoms with van der Waals surface area (Å²) in [6, 6.07) is 25.0. The van der Waals surface area contributed by atoms with E-state index in [0.29, 0.717) is 0 Å². The summed E-state index contributed by atoms with van der Waals surface area (Å²) in [5, 5.41) is 0. The molecule has 0 spiro atoms. The van der Waals surface area contributed by atoms with Crippen molar-refractivity contribution in [3.63, 3.8) is 0 Å². The van der Waals surface area contributed by atoms with Gasteiger partial charge in [-0.25, -0.2) is 15.0 Å². The summed E-state index contributed by atoms with van der Waals surface area (Å²) < 4.78 is 0. The fourth-order valence-electron chi connectivity index (χ4n) is 4.09. The second-order valence-corrected chi connectivity index (χ2v) is 8.21. The first-order valence-corrected chi connectivity index (χ1v) is 11.4. The zero-order valence-electron chi connectivity index (χ0n) is 19.1. The molecule has 0 radical (unpaired) electrons. The van der Waals surface area contributed by atoms with Crippen LogP contribution in [0.5, 0.6) is 0 Å². The number of H-pyrrole nitrogens is 3. The molecule has 0 amide bonds. The minimum atomic E-state index is 0. The number of hydrogen-bond acceptors (Lipinski definition) is 3. The first kappa shape index (κ1) is 23.3. The van der Waals surface area contributed by atoms with Gasteiger partial charge in [-0.1, -0.05) is 30.3 Å². The van der Waals surface area contributed by atoms with Gasteiger partial charge in [0.05, 0.1) is 29.1 Å². The van der Waals surface area contributed by atoms with Crippen molar-refractivity contribution in [1.29, 1.82) is 0 Å². The molecular weight excluding hydrogens is 491 g/mol. The van der Waals surface area contributed by atoms with Gasteiger partial charge in [-0.05, 0) is 72.3 Å². The quantitative estimate of drug-likeness (QED) is 0.213. The summed E-state index contributed by atoms with van der Waals surface area (Å²) >= 11 is 0. The van der Waals surface area contributed by atoms with Gasteiger partial charge >= 0.3 is 0 Å². The number of aromatic nitrogens is 6. The molecule has 2 aliphatic rings. The Morgan fingerprint density at radius 3 is 1.75 bits per heavy atom. The van der Waals surface area contributed by atoms with E-state index in [1.54, 1.807) is 18.7 Å². The smallest absolute Gasteiger partial charge is 0.0919 e. The summed E-state index contributed by atoms with van der Waals surface area (Å²) in [5.74, 6) is 0. The number of hydrogen-bond donors (Lipinski definition) is 3. The van der Waals surface area contributed by atoms with E-state index >= 15 is 0 Å². The minimum Gasteiger partial charge on any atom is -0.355 e. The van der Waals surface area contributed by atoms with E-state index < -0.39 is 0 Å². The summed E-state index contributed by atoms with van der Waals surface area (Å²) in [4.78, 5) is 22.9.